The van der Waals surface area contributed by atoms with Gasteiger partial charge in [0.15, 0.2) is 0 Å². The average molecular weight is 572 g/mol. The van der Waals surface area contributed by atoms with Crippen molar-refractivity contribution in [1.29, 1.82) is 0 Å². The van der Waals surface area contributed by atoms with Crippen LogP contribution >= 0.6 is 0 Å². The third kappa shape index (κ3) is 9.01. The lowest BCUT2D eigenvalue weighted by Crippen LogP contribution is -2.59. The molecule has 1 heterocycles. The number of nitrogens with zero attached hydrogens (tertiary/aromatic N) is 2. The first kappa shape index (κ1) is 33.2. The second-order valence-corrected chi connectivity index (χ2v) is 9.89. The van der Waals surface area contributed by atoms with Gasteiger partial charge in [-0.1, -0.05) is 82.5 Å². The van der Waals surface area contributed by atoms with Gasteiger partial charge in [-0.2, -0.15) is 13.2 Å². The van der Waals surface area contributed by atoms with Gasteiger partial charge >= 0.3 is 6.68 Å². The van der Waals surface area contributed by atoms with Crippen LogP contribution in [0.3, 0.4) is 0 Å². The first-order chi connectivity index (χ1) is 19.4. The summed E-state index contributed by atoms with van der Waals surface area (Å²) in [5, 5.41) is 5.59. The van der Waals surface area contributed by atoms with Gasteiger partial charge in [0.2, 0.25) is 0 Å². The Morgan fingerprint density at radius 3 is 2.10 bits per heavy atom. The van der Waals surface area contributed by atoms with Crippen molar-refractivity contribution in [2.75, 3.05) is 37.9 Å². The Bertz CT molecular complexity index is 1290. The highest BCUT2D eigenvalue weighted by molar-refractivity contribution is 5.77. The van der Waals surface area contributed by atoms with Crippen molar-refractivity contribution < 1.29 is 17.6 Å². The van der Waals surface area contributed by atoms with Crippen molar-refractivity contribution in [3.63, 3.8) is 0 Å². The molecule has 4 rings (SSSR count). The maximum Gasteiger partial charge on any atom is 0.379 e. The van der Waals surface area contributed by atoms with Crippen molar-refractivity contribution in [2.24, 2.45) is 5.73 Å². The van der Waals surface area contributed by atoms with E-state index in [1.54, 1.807) is 12.1 Å². The van der Waals surface area contributed by atoms with Gasteiger partial charge in [-0.3, -0.25) is 0 Å². The van der Waals surface area contributed by atoms with E-state index in [1.807, 2.05) is 63.2 Å². The van der Waals surface area contributed by atoms with Crippen molar-refractivity contribution in [2.45, 2.75) is 39.4 Å². The number of para-hydroxylation sites is 1. The van der Waals surface area contributed by atoms with Crippen LogP contribution in [0.15, 0.2) is 79.9 Å². The lowest BCUT2D eigenvalue weighted by Gasteiger charge is -2.49. The molecule has 5 nitrogen and oxygen atoms in total. The molecule has 0 saturated carbocycles. The lowest BCUT2D eigenvalue weighted by molar-refractivity contribution is 0.00819. The molecule has 0 bridgehead atoms. The van der Waals surface area contributed by atoms with E-state index in [2.05, 4.69) is 60.1 Å². The lowest BCUT2D eigenvalue weighted by atomic mass is 9.76. The Labute approximate surface area is 241 Å². The van der Waals surface area contributed by atoms with Crippen molar-refractivity contribution in [3.8, 4) is 0 Å². The van der Waals surface area contributed by atoms with Crippen LogP contribution < -0.4 is 16.5 Å². The SMILES string of the molecule is C=C(N)c1ccccc1NCc1cc(F)cc(C(=C)N(C)C)c1NN1CC(C)(c2ccccc2)C1.CC.FC(F)F. The number of halogens is 4. The Balaban J connectivity index is 0.000000902. The highest BCUT2D eigenvalue weighted by Gasteiger charge is 2.40. The Morgan fingerprint density at radius 1 is 0.976 bits per heavy atom. The Morgan fingerprint density at radius 2 is 1.54 bits per heavy atom. The fourth-order valence-corrected chi connectivity index (χ4v) is 4.57. The second-order valence-electron chi connectivity index (χ2n) is 9.89. The molecule has 0 spiro atoms. The summed E-state index contributed by atoms with van der Waals surface area (Å²) < 4.78 is 43.8. The monoisotopic (exact) mass is 571 g/mol. The van der Waals surface area contributed by atoms with E-state index in [0.29, 0.717) is 12.2 Å². The summed E-state index contributed by atoms with van der Waals surface area (Å²) in [6.45, 7) is 12.8. The van der Waals surface area contributed by atoms with E-state index in [0.717, 1.165) is 46.9 Å². The van der Waals surface area contributed by atoms with Crippen LogP contribution in [-0.2, 0) is 12.0 Å². The molecule has 1 aliphatic rings. The summed E-state index contributed by atoms with van der Waals surface area (Å²) in [4.78, 5) is 1.90. The highest BCUT2D eigenvalue weighted by atomic mass is 19.4. The van der Waals surface area contributed by atoms with E-state index in [4.69, 9.17) is 5.73 Å². The van der Waals surface area contributed by atoms with Crippen LogP contribution in [0.2, 0.25) is 0 Å². The number of anilines is 2. The number of hydrogen-bond donors (Lipinski definition) is 3. The standard InChI is InChI=1S/C29H34FN5.C2H6.CHF3/c1-20(31)25-13-9-10-14-27(25)32-17-22-15-24(30)16-26(21(2)34(4)5)28(22)33-35-18-29(3,19-35)23-11-7-6-8-12-23;1-2;2-1(3)4/h6-16,32-33H,1-2,17-19,31H2,3-5H3;1-2H3;1H. The van der Waals surface area contributed by atoms with E-state index >= 15 is 0 Å². The van der Waals surface area contributed by atoms with E-state index in [-0.39, 0.29) is 11.2 Å². The third-order valence-electron chi connectivity index (χ3n) is 6.60. The molecule has 0 aliphatic carbocycles. The number of nitrogens with two attached hydrogens (primary N) is 1. The zero-order valence-corrected chi connectivity index (χ0v) is 24.4. The normalized spacial score (nSPS) is 13.5. The van der Waals surface area contributed by atoms with Gasteiger partial charge < -0.3 is 21.4 Å². The largest absolute Gasteiger partial charge is 0.399 e. The van der Waals surface area contributed by atoms with Gasteiger partial charge in [0.25, 0.3) is 0 Å². The minimum atomic E-state index is -3.67. The van der Waals surface area contributed by atoms with Crippen LogP contribution in [0.1, 0.15) is 43.0 Å². The van der Waals surface area contributed by atoms with Gasteiger partial charge in [0, 0.05) is 67.4 Å². The van der Waals surface area contributed by atoms with Crippen molar-refractivity contribution in [3.05, 3.63) is 108 Å². The van der Waals surface area contributed by atoms with Gasteiger partial charge in [-0.05, 0) is 29.3 Å². The van der Waals surface area contributed by atoms with Gasteiger partial charge in [0.1, 0.15) is 5.82 Å². The maximum absolute atomic E-state index is 14.8. The smallest absolute Gasteiger partial charge is 0.379 e. The second kappa shape index (κ2) is 15.1. The molecule has 1 saturated heterocycles. The first-order valence-electron chi connectivity index (χ1n) is 13.4. The molecule has 9 heteroatoms. The van der Waals surface area contributed by atoms with Crippen LogP contribution in [0.25, 0.3) is 11.4 Å². The maximum atomic E-state index is 14.8. The van der Waals surface area contributed by atoms with Gasteiger partial charge in [-0.15, -0.1) is 0 Å². The summed E-state index contributed by atoms with van der Waals surface area (Å²) >= 11 is 0. The number of nitrogens with one attached hydrogen (secondary N) is 2. The predicted molar refractivity (Wildman–Crippen MR) is 164 cm³/mol. The molecular formula is C32H41F4N5. The van der Waals surface area contributed by atoms with E-state index in [1.165, 1.54) is 5.56 Å². The molecule has 3 aromatic carbocycles. The predicted octanol–water partition coefficient (Wildman–Crippen LogP) is 7.70. The summed E-state index contributed by atoms with van der Waals surface area (Å²) in [7, 11) is 3.82. The van der Waals surface area contributed by atoms with Crippen LogP contribution in [-0.4, -0.2) is 43.8 Å². The molecule has 0 aromatic heterocycles. The molecule has 0 radical (unpaired) electrons. The highest BCUT2D eigenvalue weighted by Crippen LogP contribution is 2.37. The molecule has 1 aliphatic heterocycles. The van der Waals surface area contributed by atoms with Crippen molar-refractivity contribution in [1.82, 2.24) is 9.91 Å². The zero-order chi connectivity index (χ0) is 30.7. The molecule has 0 amide bonds. The Kier molecular flexibility index (Phi) is 12.3. The molecule has 0 unspecified atom stereocenters. The summed E-state index contributed by atoms with van der Waals surface area (Å²) in [6, 6.07) is 21.4. The Hall–Kier alpha value is -3.98. The van der Waals surface area contributed by atoms with Crippen molar-refractivity contribution >= 4 is 22.8 Å². The van der Waals surface area contributed by atoms with E-state index < -0.39 is 6.68 Å². The van der Waals surface area contributed by atoms with Crippen LogP contribution in [0.5, 0.6) is 0 Å². The number of hydrogen-bond acceptors (Lipinski definition) is 5. The average Bonchev–Trinajstić information content (AvgIpc) is 2.92. The minimum Gasteiger partial charge on any atom is -0.399 e. The molecule has 222 valence electrons. The van der Waals surface area contributed by atoms with Crippen LogP contribution in [0.4, 0.5) is 28.9 Å². The summed E-state index contributed by atoms with van der Waals surface area (Å²) in [5.41, 5.74) is 16.2. The number of hydrazine groups is 1. The van der Waals surface area contributed by atoms with E-state index in [9.17, 15) is 17.6 Å². The third-order valence-corrected chi connectivity index (χ3v) is 6.60. The molecule has 4 N–H and O–H groups in total. The number of benzene rings is 3. The molecule has 3 aromatic rings. The van der Waals surface area contributed by atoms with Gasteiger partial charge in [-0.25, -0.2) is 9.40 Å². The number of rotatable bonds is 9. The number of alkyl halides is 3. The molecular weight excluding hydrogens is 530 g/mol. The summed E-state index contributed by atoms with van der Waals surface area (Å²) in [6.07, 6.45) is 0. The molecule has 41 heavy (non-hydrogen) atoms. The fourth-order valence-electron chi connectivity index (χ4n) is 4.57. The molecule has 1 fully saturated rings. The topological polar surface area (TPSA) is 56.6 Å². The minimum absolute atomic E-state index is 0.0614. The van der Waals surface area contributed by atoms with Gasteiger partial charge in [0.05, 0.1) is 5.69 Å². The zero-order valence-electron chi connectivity index (χ0n) is 24.4. The quantitative estimate of drug-likeness (QED) is 0.230. The fraction of sp³-hybridized carbons (Fsp3) is 0.312. The summed E-state index contributed by atoms with van der Waals surface area (Å²) in [5.74, 6) is -0.306. The van der Waals surface area contributed by atoms with Crippen LogP contribution in [0, 0.1) is 5.82 Å². The first-order valence-corrected chi connectivity index (χ1v) is 13.4. The molecule has 0 atom stereocenters.